The van der Waals surface area contributed by atoms with E-state index in [1.54, 1.807) is 0 Å². The summed E-state index contributed by atoms with van der Waals surface area (Å²) < 4.78 is 4.99. The molecule has 1 atom stereocenters. The van der Waals surface area contributed by atoms with Crippen molar-refractivity contribution in [3.8, 4) is 0 Å². The number of ether oxygens (including phenoxy) is 1. The standard InChI is InChI=1S/C11H16O2/c1-4-13-11(12)10-8(2)6-5-7-9(10)3/h5-6,9H,4,7H2,1-3H3. The fraction of sp³-hybridized carbons (Fsp3) is 0.545. The summed E-state index contributed by atoms with van der Waals surface area (Å²) >= 11 is 0. The largest absolute Gasteiger partial charge is 0.463 e. The van der Waals surface area contributed by atoms with E-state index in [1.807, 2.05) is 19.9 Å². The Balaban J connectivity index is 2.85. The van der Waals surface area contributed by atoms with Crippen LogP contribution in [0, 0.1) is 5.92 Å². The lowest BCUT2D eigenvalue weighted by Gasteiger charge is -2.18. The second-order valence-corrected chi connectivity index (χ2v) is 3.36. The maximum Gasteiger partial charge on any atom is 0.334 e. The van der Waals surface area contributed by atoms with E-state index in [1.165, 1.54) is 0 Å². The van der Waals surface area contributed by atoms with E-state index < -0.39 is 0 Å². The highest BCUT2D eigenvalue weighted by Gasteiger charge is 2.21. The van der Waals surface area contributed by atoms with Gasteiger partial charge in [0.25, 0.3) is 0 Å². The van der Waals surface area contributed by atoms with E-state index >= 15 is 0 Å². The molecular weight excluding hydrogens is 164 g/mol. The van der Waals surface area contributed by atoms with Gasteiger partial charge in [-0.05, 0) is 31.8 Å². The Hall–Kier alpha value is -1.05. The molecule has 0 aromatic heterocycles. The van der Waals surface area contributed by atoms with E-state index in [0.29, 0.717) is 12.5 Å². The number of hydrogen-bond donors (Lipinski definition) is 0. The molecule has 72 valence electrons. The molecule has 0 heterocycles. The summed E-state index contributed by atoms with van der Waals surface area (Å²) in [5.41, 5.74) is 1.88. The number of allylic oxidation sites excluding steroid dienone is 3. The summed E-state index contributed by atoms with van der Waals surface area (Å²) in [4.78, 5) is 11.5. The summed E-state index contributed by atoms with van der Waals surface area (Å²) in [6.45, 7) is 6.29. The van der Waals surface area contributed by atoms with Crippen LogP contribution in [0.3, 0.4) is 0 Å². The van der Waals surface area contributed by atoms with Crippen LogP contribution in [0.1, 0.15) is 27.2 Å². The summed E-state index contributed by atoms with van der Waals surface area (Å²) in [6, 6.07) is 0. The number of carbonyl (C=O) groups is 1. The SMILES string of the molecule is CCOC(=O)C1=C(C)C=CCC1C. The van der Waals surface area contributed by atoms with Crippen molar-refractivity contribution in [2.75, 3.05) is 6.61 Å². The molecule has 1 aliphatic rings. The van der Waals surface area contributed by atoms with Crippen LogP contribution in [0.5, 0.6) is 0 Å². The fourth-order valence-corrected chi connectivity index (χ4v) is 1.62. The fourth-order valence-electron chi connectivity index (χ4n) is 1.62. The monoisotopic (exact) mass is 180 g/mol. The minimum atomic E-state index is -0.156. The molecule has 0 bridgehead atoms. The lowest BCUT2D eigenvalue weighted by atomic mass is 9.89. The zero-order valence-electron chi connectivity index (χ0n) is 8.46. The quantitative estimate of drug-likeness (QED) is 0.610. The number of rotatable bonds is 2. The Morgan fingerprint density at radius 2 is 2.38 bits per heavy atom. The van der Waals surface area contributed by atoms with Crippen molar-refractivity contribution in [1.82, 2.24) is 0 Å². The molecule has 0 radical (unpaired) electrons. The van der Waals surface area contributed by atoms with Crippen LogP contribution in [0.4, 0.5) is 0 Å². The second kappa shape index (κ2) is 4.26. The molecular formula is C11H16O2. The molecule has 0 spiro atoms. The Kier molecular flexibility index (Phi) is 3.29. The van der Waals surface area contributed by atoms with Crippen LogP contribution in [0.2, 0.25) is 0 Å². The van der Waals surface area contributed by atoms with Crippen LogP contribution >= 0.6 is 0 Å². The normalized spacial score (nSPS) is 21.9. The molecule has 0 aromatic carbocycles. The zero-order chi connectivity index (χ0) is 9.84. The van der Waals surface area contributed by atoms with E-state index in [2.05, 4.69) is 13.0 Å². The molecule has 0 N–H and O–H groups in total. The van der Waals surface area contributed by atoms with Gasteiger partial charge in [-0.25, -0.2) is 4.79 Å². The average molecular weight is 180 g/mol. The van der Waals surface area contributed by atoms with Crippen molar-refractivity contribution in [3.05, 3.63) is 23.3 Å². The van der Waals surface area contributed by atoms with E-state index in [-0.39, 0.29) is 5.97 Å². The van der Waals surface area contributed by atoms with E-state index in [0.717, 1.165) is 17.6 Å². The van der Waals surface area contributed by atoms with Gasteiger partial charge in [-0.2, -0.15) is 0 Å². The lowest BCUT2D eigenvalue weighted by molar-refractivity contribution is -0.139. The highest BCUT2D eigenvalue weighted by Crippen LogP contribution is 2.25. The van der Waals surface area contributed by atoms with Gasteiger partial charge in [-0.15, -0.1) is 0 Å². The predicted molar refractivity (Wildman–Crippen MR) is 52.3 cm³/mol. The molecule has 0 aliphatic heterocycles. The van der Waals surface area contributed by atoms with Gasteiger partial charge in [-0.1, -0.05) is 19.1 Å². The van der Waals surface area contributed by atoms with Crippen LogP contribution in [0.25, 0.3) is 0 Å². The first-order chi connectivity index (χ1) is 6.16. The van der Waals surface area contributed by atoms with Gasteiger partial charge in [0, 0.05) is 5.57 Å². The maximum atomic E-state index is 11.5. The van der Waals surface area contributed by atoms with E-state index in [9.17, 15) is 4.79 Å². The number of carbonyl (C=O) groups excluding carboxylic acids is 1. The molecule has 2 nitrogen and oxygen atoms in total. The van der Waals surface area contributed by atoms with Gasteiger partial charge in [0.15, 0.2) is 0 Å². The molecule has 1 rings (SSSR count). The molecule has 0 saturated carbocycles. The summed E-state index contributed by atoms with van der Waals surface area (Å²) in [5, 5.41) is 0. The van der Waals surface area contributed by atoms with Crippen molar-refractivity contribution in [2.24, 2.45) is 5.92 Å². The molecule has 13 heavy (non-hydrogen) atoms. The second-order valence-electron chi connectivity index (χ2n) is 3.36. The molecule has 1 aliphatic carbocycles. The first kappa shape index (κ1) is 10.0. The van der Waals surface area contributed by atoms with Crippen LogP contribution in [-0.2, 0) is 9.53 Å². The lowest BCUT2D eigenvalue weighted by Crippen LogP contribution is -2.17. The van der Waals surface area contributed by atoms with Gasteiger partial charge < -0.3 is 4.74 Å². The van der Waals surface area contributed by atoms with Gasteiger partial charge in [-0.3, -0.25) is 0 Å². The molecule has 2 heteroatoms. The van der Waals surface area contributed by atoms with Crippen molar-refractivity contribution < 1.29 is 9.53 Å². The van der Waals surface area contributed by atoms with Gasteiger partial charge in [0.1, 0.15) is 0 Å². The number of hydrogen-bond acceptors (Lipinski definition) is 2. The summed E-state index contributed by atoms with van der Waals surface area (Å²) in [5.74, 6) is 0.140. The van der Waals surface area contributed by atoms with Crippen molar-refractivity contribution in [3.63, 3.8) is 0 Å². The minimum absolute atomic E-state index is 0.156. The molecule has 0 aromatic rings. The van der Waals surface area contributed by atoms with E-state index in [4.69, 9.17) is 4.74 Å². The number of esters is 1. The van der Waals surface area contributed by atoms with Crippen molar-refractivity contribution in [2.45, 2.75) is 27.2 Å². The zero-order valence-corrected chi connectivity index (χ0v) is 8.46. The first-order valence-electron chi connectivity index (χ1n) is 4.71. The molecule has 1 unspecified atom stereocenters. The third-order valence-electron chi connectivity index (χ3n) is 2.27. The van der Waals surface area contributed by atoms with Crippen molar-refractivity contribution in [1.29, 1.82) is 0 Å². The Bertz CT molecular complexity index is 261. The minimum Gasteiger partial charge on any atom is -0.463 e. The van der Waals surface area contributed by atoms with Gasteiger partial charge in [0.2, 0.25) is 0 Å². The Morgan fingerprint density at radius 3 is 2.92 bits per heavy atom. The summed E-state index contributed by atoms with van der Waals surface area (Å²) in [6.07, 6.45) is 5.03. The van der Waals surface area contributed by atoms with Gasteiger partial charge >= 0.3 is 5.97 Å². The maximum absolute atomic E-state index is 11.5. The third-order valence-corrected chi connectivity index (χ3v) is 2.27. The Morgan fingerprint density at radius 1 is 1.69 bits per heavy atom. The van der Waals surface area contributed by atoms with Gasteiger partial charge in [0.05, 0.1) is 6.61 Å². The smallest absolute Gasteiger partial charge is 0.334 e. The predicted octanol–water partition coefficient (Wildman–Crippen LogP) is 2.46. The molecule has 0 fully saturated rings. The third kappa shape index (κ3) is 2.20. The van der Waals surface area contributed by atoms with Crippen LogP contribution in [-0.4, -0.2) is 12.6 Å². The van der Waals surface area contributed by atoms with Crippen molar-refractivity contribution >= 4 is 5.97 Å². The molecule has 0 amide bonds. The highest BCUT2D eigenvalue weighted by atomic mass is 16.5. The molecule has 0 saturated heterocycles. The summed E-state index contributed by atoms with van der Waals surface area (Å²) in [7, 11) is 0. The topological polar surface area (TPSA) is 26.3 Å². The van der Waals surface area contributed by atoms with Crippen LogP contribution in [0.15, 0.2) is 23.3 Å². The first-order valence-corrected chi connectivity index (χ1v) is 4.71. The average Bonchev–Trinajstić information content (AvgIpc) is 2.04. The Labute approximate surface area is 79.3 Å². The van der Waals surface area contributed by atoms with Crippen LogP contribution < -0.4 is 0 Å². The highest BCUT2D eigenvalue weighted by molar-refractivity contribution is 5.90.